The molecule has 2 rings (SSSR count). The van der Waals surface area contributed by atoms with Crippen molar-refractivity contribution < 1.29 is 4.74 Å². The molecular formula is C19H21NO2. The highest BCUT2D eigenvalue weighted by atomic mass is 16.5. The van der Waals surface area contributed by atoms with Crippen LogP contribution in [0.2, 0.25) is 0 Å². The average molecular weight is 295 g/mol. The maximum absolute atomic E-state index is 10.5. The molecule has 0 unspecified atom stereocenters. The van der Waals surface area contributed by atoms with Crippen LogP contribution in [0.25, 0.3) is 0 Å². The molecule has 0 fully saturated rings. The Kier molecular flexibility index (Phi) is 5.48. The Bertz CT molecular complexity index is 648. The summed E-state index contributed by atoms with van der Waals surface area (Å²) in [4.78, 5) is 10.5. The quantitative estimate of drug-likeness (QED) is 0.527. The third kappa shape index (κ3) is 4.29. The molecule has 0 heterocycles. The van der Waals surface area contributed by atoms with E-state index in [1.165, 1.54) is 5.56 Å². The standard InChI is InChI=1S/C19H21NO2/c1-14(2)15(3)22-19-10-9-17(13-20-21)12-18(19)11-16-7-5-4-6-8-16/h4-10,12,14H,3,11,13H2,1-2H3. The van der Waals surface area contributed by atoms with Crippen LogP contribution in [0, 0.1) is 10.8 Å². The van der Waals surface area contributed by atoms with E-state index in [1.807, 2.05) is 50.2 Å². The minimum atomic E-state index is 0.174. The second-order valence-corrected chi connectivity index (χ2v) is 5.61. The molecule has 22 heavy (non-hydrogen) atoms. The Morgan fingerprint density at radius 3 is 2.50 bits per heavy atom. The Balaban J connectivity index is 2.31. The third-order valence-corrected chi connectivity index (χ3v) is 3.49. The van der Waals surface area contributed by atoms with Gasteiger partial charge in [-0.3, -0.25) is 0 Å². The number of ether oxygens (including phenoxy) is 1. The van der Waals surface area contributed by atoms with Crippen LogP contribution in [0.15, 0.2) is 66.0 Å². The van der Waals surface area contributed by atoms with Gasteiger partial charge in [0.1, 0.15) is 12.3 Å². The minimum absolute atomic E-state index is 0.174. The van der Waals surface area contributed by atoms with Gasteiger partial charge in [-0.2, -0.15) is 4.91 Å². The molecular weight excluding hydrogens is 274 g/mol. The molecule has 0 aliphatic heterocycles. The number of nitrogens with zero attached hydrogens (tertiary/aromatic N) is 1. The van der Waals surface area contributed by atoms with Crippen molar-refractivity contribution in [3.05, 3.63) is 82.5 Å². The summed E-state index contributed by atoms with van der Waals surface area (Å²) in [7, 11) is 0. The van der Waals surface area contributed by atoms with Crippen molar-refractivity contribution in [1.29, 1.82) is 0 Å². The first-order valence-electron chi connectivity index (χ1n) is 7.41. The molecule has 3 heteroatoms. The molecule has 0 atom stereocenters. The zero-order chi connectivity index (χ0) is 15.9. The summed E-state index contributed by atoms with van der Waals surface area (Å²) in [6, 6.07) is 15.9. The number of allylic oxidation sites excluding steroid dienone is 1. The predicted octanol–water partition coefficient (Wildman–Crippen LogP) is 5.09. The number of nitroso groups, excluding NO2 is 1. The number of hydrogen-bond donors (Lipinski definition) is 0. The Labute approximate surface area is 131 Å². The fourth-order valence-corrected chi connectivity index (χ4v) is 2.12. The lowest BCUT2D eigenvalue weighted by molar-refractivity contribution is 0.368. The van der Waals surface area contributed by atoms with Gasteiger partial charge in [0.15, 0.2) is 0 Å². The van der Waals surface area contributed by atoms with Gasteiger partial charge >= 0.3 is 0 Å². The van der Waals surface area contributed by atoms with Gasteiger partial charge in [0.05, 0.1) is 5.76 Å². The molecule has 0 saturated carbocycles. The van der Waals surface area contributed by atoms with E-state index in [-0.39, 0.29) is 12.5 Å². The first-order valence-corrected chi connectivity index (χ1v) is 7.41. The summed E-state index contributed by atoms with van der Waals surface area (Å²) in [5, 5.41) is 2.96. The van der Waals surface area contributed by atoms with Crippen molar-refractivity contribution in [3.63, 3.8) is 0 Å². The van der Waals surface area contributed by atoms with Crippen LogP contribution in [-0.4, -0.2) is 0 Å². The Hall–Kier alpha value is -2.42. The lowest BCUT2D eigenvalue weighted by Crippen LogP contribution is -2.04. The van der Waals surface area contributed by atoms with Gasteiger partial charge in [-0.05, 0) is 28.8 Å². The average Bonchev–Trinajstić information content (AvgIpc) is 2.51. The van der Waals surface area contributed by atoms with Gasteiger partial charge in [0.25, 0.3) is 0 Å². The monoisotopic (exact) mass is 295 g/mol. The van der Waals surface area contributed by atoms with Crippen molar-refractivity contribution in [2.24, 2.45) is 11.1 Å². The van der Waals surface area contributed by atoms with Gasteiger partial charge in [-0.25, -0.2) is 0 Å². The fraction of sp³-hybridized carbons (Fsp3) is 0.263. The van der Waals surface area contributed by atoms with Gasteiger partial charge in [0, 0.05) is 12.3 Å². The van der Waals surface area contributed by atoms with Gasteiger partial charge < -0.3 is 4.74 Å². The molecule has 3 nitrogen and oxygen atoms in total. The topological polar surface area (TPSA) is 38.7 Å². The van der Waals surface area contributed by atoms with E-state index in [0.717, 1.165) is 29.1 Å². The molecule has 0 aromatic heterocycles. The molecule has 0 aliphatic carbocycles. The van der Waals surface area contributed by atoms with Gasteiger partial charge in [-0.15, -0.1) is 0 Å². The molecule has 2 aromatic rings. The summed E-state index contributed by atoms with van der Waals surface area (Å²) in [5.41, 5.74) is 3.12. The van der Waals surface area contributed by atoms with Crippen molar-refractivity contribution >= 4 is 0 Å². The fourth-order valence-electron chi connectivity index (χ4n) is 2.12. The van der Waals surface area contributed by atoms with Crippen LogP contribution in [0.4, 0.5) is 0 Å². The summed E-state index contributed by atoms with van der Waals surface area (Å²) in [6.07, 6.45) is 0.744. The van der Waals surface area contributed by atoms with E-state index in [0.29, 0.717) is 0 Å². The third-order valence-electron chi connectivity index (χ3n) is 3.49. The number of benzene rings is 2. The molecule has 2 aromatic carbocycles. The van der Waals surface area contributed by atoms with Crippen LogP contribution in [0.5, 0.6) is 5.75 Å². The van der Waals surface area contributed by atoms with Crippen molar-refractivity contribution in [3.8, 4) is 5.75 Å². The van der Waals surface area contributed by atoms with Crippen molar-refractivity contribution in [2.45, 2.75) is 26.8 Å². The smallest absolute Gasteiger partial charge is 0.130 e. The molecule has 0 aliphatic rings. The van der Waals surface area contributed by atoms with Crippen molar-refractivity contribution in [1.82, 2.24) is 0 Å². The normalized spacial score (nSPS) is 10.5. The zero-order valence-corrected chi connectivity index (χ0v) is 13.1. The van der Waals surface area contributed by atoms with Crippen LogP contribution < -0.4 is 4.74 Å². The van der Waals surface area contributed by atoms with Crippen LogP contribution in [0.3, 0.4) is 0 Å². The van der Waals surface area contributed by atoms with Crippen molar-refractivity contribution in [2.75, 3.05) is 0 Å². The highest BCUT2D eigenvalue weighted by Gasteiger charge is 2.10. The molecule has 0 N–H and O–H groups in total. The largest absolute Gasteiger partial charge is 0.462 e. The van der Waals surface area contributed by atoms with E-state index < -0.39 is 0 Å². The molecule has 0 bridgehead atoms. The van der Waals surface area contributed by atoms with Gasteiger partial charge in [-0.1, -0.05) is 62.0 Å². The molecule has 114 valence electrons. The highest BCUT2D eigenvalue weighted by molar-refractivity contribution is 5.41. The molecule has 0 saturated heterocycles. The number of rotatable bonds is 7. The zero-order valence-electron chi connectivity index (χ0n) is 13.1. The molecule has 0 amide bonds. The van der Waals surface area contributed by atoms with E-state index in [4.69, 9.17) is 4.74 Å². The Morgan fingerprint density at radius 2 is 1.86 bits per heavy atom. The van der Waals surface area contributed by atoms with Gasteiger partial charge in [0.2, 0.25) is 0 Å². The predicted molar refractivity (Wildman–Crippen MR) is 89.8 cm³/mol. The van der Waals surface area contributed by atoms with E-state index in [9.17, 15) is 4.91 Å². The molecule has 0 radical (unpaired) electrons. The van der Waals surface area contributed by atoms with Crippen LogP contribution in [-0.2, 0) is 13.0 Å². The Morgan fingerprint density at radius 1 is 1.14 bits per heavy atom. The SMILES string of the molecule is C=C(Oc1ccc(CN=O)cc1Cc1ccccc1)C(C)C. The number of hydrogen-bond acceptors (Lipinski definition) is 3. The first kappa shape index (κ1) is 16.0. The maximum atomic E-state index is 10.5. The van der Waals surface area contributed by atoms with Crippen LogP contribution in [0.1, 0.15) is 30.5 Å². The van der Waals surface area contributed by atoms with E-state index in [2.05, 4.69) is 23.9 Å². The lowest BCUT2D eigenvalue weighted by atomic mass is 10.0. The summed E-state index contributed by atoms with van der Waals surface area (Å²) in [5.74, 6) is 1.77. The first-order chi connectivity index (χ1) is 10.6. The van der Waals surface area contributed by atoms with Crippen LogP contribution >= 0.6 is 0 Å². The summed E-state index contributed by atoms with van der Waals surface area (Å²) in [6.45, 7) is 8.23. The summed E-state index contributed by atoms with van der Waals surface area (Å²) < 4.78 is 5.91. The van der Waals surface area contributed by atoms with E-state index in [1.54, 1.807) is 0 Å². The maximum Gasteiger partial charge on any atom is 0.130 e. The minimum Gasteiger partial charge on any atom is -0.462 e. The second-order valence-electron chi connectivity index (χ2n) is 5.61. The van der Waals surface area contributed by atoms with E-state index >= 15 is 0 Å². The highest BCUT2D eigenvalue weighted by Crippen LogP contribution is 2.26. The lowest BCUT2D eigenvalue weighted by Gasteiger charge is -2.16. The second kappa shape index (κ2) is 7.55. The molecule has 0 spiro atoms. The summed E-state index contributed by atoms with van der Waals surface area (Å²) >= 11 is 0.